The Labute approximate surface area is 241 Å². The lowest BCUT2D eigenvalue weighted by Gasteiger charge is -2.17. The molecule has 0 saturated heterocycles. The van der Waals surface area contributed by atoms with E-state index in [9.17, 15) is 27.6 Å². The van der Waals surface area contributed by atoms with Crippen molar-refractivity contribution in [2.24, 2.45) is 0 Å². The molecule has 3 aromatic carbocycles. The van der Waals surface area contributed by atoms with E-state index in [0.29, 0.717) is 22.1 Å². The Morgan fingerprint density at radius 1 is 0.952 bits per heavy atom. The van der Waals surface area contributed by atoms with Gasteiger partial charge in [0.2, 0.25) is 0 Å². The molecule has 1 heterocycles. The molecule has 0 spiro atoms. The normalized spacial score (nSPS) is 12.1. The van der Waals surface area contributed by atoms with Gasteiger partial charge >= 0.3 is 11.9 Å². The van der Waals surface area contributed by atoms with Gasteiger partial charge in [-0.2, -0.15) is 0 Å². The number of anilines is 1. The first-order valence-corrected chi connectivity index (χ1v) is 14.7. The number of H-pyrrole nitrogens is 1. The van der Waals surface area contributed by atoms with Crippen molar-refractivity contribution in [1.29, 1.82) is 0 Å². The first-order valence-electron chi connectivity index (χ1n) is 13.2. The molecule has 42 heavy (non-hydrogen) atoms. The predicted octanol–water partition coefficient (Wildman–Crippen LogP) is 3.19. The number of hydrogen-bond donors (Lipinski definition) is 3. The van der Waals surface area contributed by atoms with Crippen LogP contribution in [0.3, 0.4) is 0 Å². The van der Waals surface area contributed by atoms with E-state index in [1.165, 1.54) is 30.3 Å². The summed E-state index contributed by atoms with van der Waals surface area (Å²) in [4.78, 5) is 56.5. The summed E-state index contributed by atoms with van der Waals surface area (Å²) < 4.78 is 39.2. The molecule has 0 bridgehead atoms. The van der Waals surface area contributed by atoms with Gasteiger partial charge in [0, 0.05) is 23.1 Å². The highest BCUT2D eigenvalue weighted by Crippen LogP contribution is 2.29. The van der Waals surface area contributed by atoms with Crippen LogP contribution in [0.15, 0.2) is 64.3 Å². The highest BCUT2D eigenvalue weighted by atomic mass is 32.2. The Morgan fingerprint density at radius 3 is 2.36 bits per heavy atom. The van der Waals surface area contributed by atoms with E-state index in [4.69, 9.17) is 9.47 Å². The van der Waals surface area contributed by atoms with E-state index < -0.39 is 33.9 Å². The highest BCUT2D eigenvalue weighted by Gasteiger charge is 2.24. The molecule has 0 aliphatic heterocycles. The summed E-state index contributed by atoms with van der Waals surface area (Å²) >= 11 is 0. The second kappa shape index (κ2) is 12.8. The minimum absolute atomic E-state index is 0.0108. The number of ether oxygens (including phenoxy) is 2. The third kappa shape index (κ3) is 6.74. The molecule has 0 saturated carbocycles. The van der Waals surface area contributed by atoms with Gasteiger partial charge in [-0.05, 0) is 69.0 Å². The van der Waals surface area contributed by atoms with Crippen molar-refractivity contribution in [3.8, 4) is 0 Å². The maximum Gasteiger partial charge on any atom is 0.328 e. The van der Waals surface area contributed by atoms with Crippen molar-refractivity contribution >= 4 is 55.2 Å². The summed E-state index contributed by atoms with van der Waals surface area (Å²) in [6.45, 7) is 5.24. The lowest BCUT2D eigenvalue weighted by atomic mass is 10.1. The monoisotopic (exact) mass is 594 g/mol. The van der Waals surface area contributed by atoms with E-state index >= 15 is 0 Å². The third-order valence-electron chi connectivity index (χ3n) is 6.32. The number of carbonyl (C=O) groups excluding carboxylic acids is 3. The number of nitrogens with one attached hydrogen (secondary N) is 3. The van der Waals surface area contributed by atoms with Gasteiger partial charge in [-0.25, -0.2) is 18.2 Å². The molecule has 1 amide bonds. The molecule has 1 atom stereocenters. The quantitative estimate of drug-likeness (QED) is 0.174. The number of aryl methyl sites for hydroxylation is 1. The number of aromatic amines is 1. The number of nitrogens with zero attached hydrogens (tertiary/aromatic N) is 1. The summed E-state index contributed by atoms with van der Waals surface area (Å²) in [5.41, 5.74) is 0.419. The number of esters is 2. The summed E-state index contributed by atoms with van der Waals surface area (Å²) in [7, 11) is -4.11. The lowest BCUT2D eigenvalue weighted by molar-refractivity contribution is -0.146. The van der Waals surface area contributed by atoms with Gasteiger partial charge in [0.15, 0.2) is 0 Å². The molecule has 13 heteroatoms. The molecular formula is C29H30N4O8S. The smallest absolute Gasteiger partial charge is 0.328 e. The molecule has 0 unspecified atom stereocenters. The molecule has 4 aromatic rings. The Bertz CT molecular complexity index is 1820. The van der Waals surface area contributed by atoms with Crippen LogP contribution in [-0.4, -0.2) is 55.5 Å². The molecule has 0 aliphatic rings. The number of aromatic nitrogens is 2. The minimum atomic E-state index is -4.11. The molecule has 3 N–H and O–H groups in total. The van der Waals surface area contributed by atoms with Crippen molar-refractivity contribution in [2.75, 3.05) is 17.9 Å². The van der Waals surface area contributed by atoms with Gasteiger partial charge in [0.1, 0.15) is 11.9 Å². The lowest BCUT2D eigenvalue weighted by Crippen LogP contribution is -2.42. The van der Waals surface area contributed by atoms with E-state index in [-0.39, 0.29) is 53.1 Å². The van der Waals surface area contributed by atoms with Gasteiger partial charge in [0.05, 0.1) is 29.0 Å². The number of benzene rings is 3. The Morgan fingerprint density at radius 2 is 1.67 bits per heavy atom. The van der Waals surface area contributed by atoms with Crippen LogP contribution in [-0.2, 0) is 29.1 Å². The second-order valence-corrected chi connectivity index (χ2v) is 10.9. The van der Waals surface area contributed by atoms with E-state index in [0.717, 1.165) is 0 Å². The fourth-order valence-corrected chi connectivity index (χ4v) is 5.73. The highest BCUT2D eigenvalue weighted by molar-refractivity contribution is 7.93. The maximum atomic E-state index is 13.4. The van der Waals surface area contributed by atoms with Crippen LogP contribution in [0.2, 0.25) is 0 Å². The number of rotatable bonds is 11. The van der Waals surface area contributed by atoms with Gasteiger partial charge in [-0.1, -0.05) is 18.2 Å². The van der Waals surface area contributed by atoms with Crippen LogP contribution < -0.4 is 15.6 Å². The van der Waals surface area contributed by atoms with Crippen molar-refractivity contribution in [3.05, 3.63) is 76.3 Å². The summed E-state index contributed by atoms with van der Waals surface area (Å²) in [6.07, 6.45) is -0.101. The van der Waals surface area contributed by atoms with E-state index in [1.807, 2.05) is 0 Å². The van der Waals surface area contributed by atoms with Crippen LogP contribution in [0.4, 0.5) is 5.69 Å². The standard InChI is InChI=1S/C29H30N4O8S/c1-4-40-25(34)16-15-23(29(37)41-5-2)32-27(35)18-9-11-19(12-10-18)33-42(38,39)24-8-6-7-21-20(24)13-14-22-26(21)28(36)31-17(3)30-22/h6-14,23,33H,4-5,15-16H2,1-3H3,(H,32,35)(H,30,31,36)/t23-/m0/s1. The second-order valence-electron chi connectivity index (χ2n) is 9.27. The number of carbonyl (C=O) groups is 3. The van der Waals surface area contributed by atoms with Crippen molar-refractivity contribution in [3.63, 3.8) is 0 Å². The molecule has 1 aromatic heterocycles. The van der Waals surface area contributed by atoms with Crippen LogP contribution in [0.5, 0.6) is 0 Å². The zero-order valence-electron chi connectivity index (χ0n) is 23.2. The molecule has 12 nitrogen and oxygen atoms in total. The van der Waals surface area contributed by atoms with Gasteiger partial charge in [-0.15, -0.1) is 0 Å². The number of amides is 1. The van der Waals surface area contributed by atoms with Crippen molar-refractivity contribution in [1.82, 2.24) is 15.3 Å². The van der Waals surface area contributed by atoms with E-state index in [2.05, 4.69) is 20.0 Å². The first kappa shape index (κ1) is 30.2. The van der Waals surface area contributed by atoms with Crippen molar-refractivity contribution in [2.45, 2.75) is 44.6 Å². The number of hydrogen-bond acceptors (Lipinski definition) is 9. The molecule has 0 aliphatic carbocycles. The molecule has 0 radical (unpaired) electrons. The SMILES string of the molecule is CCOC(=O)CC[C@H](NC(=O)c1ccc(NS(=O)(=O)c2cccc3c2ccc2nc(C)[nH]c(=O)c23)cc1)C(=O)OCC. The minimum Gasteiger partial charge on any atom is -0.466 e. The fourth-order valence-electron chi connectivity index (χ4n) is 4.45. The van der Waals surface area contributed by atoms with Gasteiger partial charge < -0.3 is 19.8 Å². The van der Waals surface area contributed by atoms with Crippen molar-refractivity contribution < 1.29 is 32.3 Å². The molecule has 0 fully saturated rings. The molecule has 4 rings (SSSR count). The summed E-state index contributed by atoms with van der Waals surface area (Å²) in [6, 6.07) is 12.4. The topological polar surface area (TPSA) is 174 Å². The summed E-state index contributed by atoms with van der Waals surface area (Å²) in [5.74, 6) is -1.35. The third-order valence-corrected chi connectivity index (χ3v) is 7.76. The largest absolute Gasteiger partial charge is 0.466 e. The van der Waals surface area contributed by atoms with Gasteiger partial charge in [-0.3, -0.25) is 19.1 Å². The Kier molecular flexibility index (Phi) is 9.21. The average molecular weight is 595 g/mol. The Balaban J connectivity index is 1.53. The predicted molar refractivity (Wildman–Crippen MR) is 156 cm³/mol. The first-order chi connectivity index (χ1) is 20.0. The van der Waals surface area contributed by atoms with Gasteiger partial charge in [0.25, 0.3) is 21.5 Å². The van der Waals surface area contributed by atoms with Crippen LogP contribution >= 0.6 is 0 Å². The van der Waals surface area contributed by atoms with E-state index in [1.54, 1.807) is 45.0 Å². The Hall–Kier alpha value is -4.78. The zero-order valence-corrected chi connectivity index (χ0v) is 24.0. The average Bonchev–Trinajstić information content (AvgIpc) is 2.94. The van der Waals surface area contributed by atoms with Crippen LogP contribution in [0.1, 0.15) is 42.9 Å². The maximum absolute atomic E-state index is 13.4. The molecular weight excluding hydrogens is 564 g/mol. The fraction of sp³-hybridized carbons (Fsp3) is 0.276. The summed E-state index contributed by atoms with van der Waals surface area (Å²) in [5, 5.41) is 3.63. The van der Waals surface area contributed by atoms with Crippen LogP contribution in [0, 0.1) is 6.92 Å². The number of sulfonamides is 1. The molecule has 220 valence electrons. The van der Waals surface area contributed by atoms with Crippen LogP contribution in [0.25, 0.3) is 21.7 Å². The number of fused-ring (bicyclic) bond motifs is 3. The zero-order chi connectivity index (χ0) is 30.4.